The number of aliphatic imine (C=N–C) groups is 1. The van der Waals surface area contributed by atoms with Crippen molar-refractivity contribution in [3.63, 3.8) is 0 Å². The Kier molecular flexibility index (Phi) is 10.5. The van der Waals surface area contributed by atoms with E-state index in [9.17, 15) is 4.79 Å². The van der Waals surface area contributed by atoms with E-state index >= 15 is 0 Å². The summed E-state index contributed by atoms with van der Waals surface area (Å²) in [4.78, 5) is 16.1. The highest BCUT2D eigenvalue weighted by molar-refractivity contribution is 14.0. The first-order chi connectivity index (χ1) is 12.0. The summed E-state index contributed by atoms with van der Waals surface area (Å²) in [6, 6.07) is 6.63. The van der Waals surface area contributed by atoms with E-state index in [0.717, 1.165) is 42.7 Å². The Balaban J connectivity index is 0.00000338. The third-order valence-corrected chi connectivity index (χ3v) is 5.16. The molecular weight excluding hydrogens is 509 g/mol. The standard InChI is InChI=1S/C19H28BrN3O2.HI/c1-4-25-18(24)14-6-9-17(10-7-14)23-19(21-3)22-12-15-5-8-16(20)11-13(15)2;/h5,8,11,14,17H,4,6-7,9-10,12H2,1-3H3,(H2,21,22,23);1H. The SMILES string of the molecule is CCOC(=O)C1CCC(NC(=NC)NCc2ccc(Br)cc2C)CC1.I. The Bertz CT molecular complexity index is 617. The number of aryl methyl sites for hydroxylation is 1. The molecule has 1 saturated carbocycles. The van der Waals surface area contributed by atoms with Crippen molar-refractivity contribution in [2.24, 2.45) is 10.9 Å². The van der Waals surface area contributed by atoms with E-state index in [1.807, 2.05) is 6.92 Å². The van der Waals surface area contributed by atoms with Crippen molar-refractivity contribution in [1.82, 2.24) is 10.6 Å². The number of benzene rings is 1. The van der Waals surface area contributed by atoms with Gasteiger partial charge in [-0.05, 0) is 62.8 Å². The summed E-state index contributed by atoms with van der Waals surface area (Å²) in [7, 11) is 1.79. The second kappa shape index (κ2) is 11.8. The fourth-order valence-corrected chi connectivity index (χ4v) is 3.63. The van der Waals surface area contributed by atoms with Crippen LogP contribution in [0.25, 0.3) is 0 Å². The van der Waals surface area contributed by atoms with Gasteiger partial charge < -0.3 is 15.4 Å². The van der Waals surface area contributed by atoms with E-state index in [1.54, 1.807) is 7.05 Å². The van der Waals surface area contributed by atoms with Gasteiger partial charge in [-0.25, -0.2) is 0 Å². The molecule has 146 valence electrons. The van der Waals surface area contributed by atoms with Crippen molar-refractivity contribution in [3.8, 4) is 0 Å². The van der Waals surface area contributed by atoms with E-state index in [2.05, 4.69) is 56.7 Å². The molecule has 0 aromatic heterocycles. The third-order valence-electron chi connectivity index (χ3n) is 4.66. The molecule has 7 heteroatoms. The molecule has 1 fully saturated rings. The number of hydrogen-bond acceptors (Lipinski definition) is 3. The molecule has 0 spiro atoms. The molecular formula is C19H29BrIN3O2. The molecule has 0 radical (unpaired) electrons. The number of hydrogen-bond donors (Lipinski definition) is 2. The highest BCUT2D eigenvalue weighted by atomic mass is 127. The van der Waals surface area contributed by atoms with E-state index in [0.29, 0.717) is 12.6 Å². The summed E-state index contributed by atoms with van der Waals surface area (Å²) in [6.07, 6.45) is 3.67. The predicted octanol–water partition coefficient (Wildman–Crippen LogP) is 4.16. The van der Waals surface area contributed by atoms with Crippen molar-refractivity contribution >= 4 is 51.8 Å². The third kappa shape index (κ3) is 7.06. The molecule has 0 saturated heterocycles. The Morgan fingerprint density at radius 2 is 2.00 bits per heavy atom. The van der Waals surface area contributed by atoms with Gasteiger partial charge in [0.15, 0.2) is 5.96 Å². The van der Waals surface area contributed by atoms with Crippen molar-refractivity contribution < 1.29 is 9.53 Å². The number of rotatable bonds is 5. The van der Waals surface area contributed by atoms with Crippen LogP contribution in [-0.4, -0.2) is 31.6 Å². The minimum Gasteiger partial charge on any atom is -0.466 e. The second-order valence-corrected chi connectivity index (χ2v) is 7.36. The first-order valence-corrected chi connectivity index (χ1v) is 9.71. The lowest BCUT2D eigenvalue weighted by molar-refractivity contribution is -0.149. The number of nitrogens with zero attached hydrogens (tertiary/aromatic N) is 1. The van der Waals surface area contributed by atoms with Crippen LogP contribution in [0.3, 0.4) is 0 Å². The quantitative estimate of drug-likeness (QED) is 0.256. The second-order valence-electron chi connectivity index (χ2n) is 6.44. The zero-order valence-corrected chi connectivity index (χ0v) is 19.6. The Morgan fingerprint density at radius 3 is 2.58 bits per heavy atom. The van der Waals surface area contributed by atoms with E-state index in [4.69, 9.17) is 4.74 Å². The normalized spacial score (nSPS) is 20.1. The number of esters is 1. The van der Waals surface area contributed by atoms with Crippen LogP contribution in [0.2, 0.25) is 0 Å². The summed E-state index contributed by atoms with van der Waals surface area (Å²) < 4.78 is 6.22. The predicted molar refractivity (Wildman–Crippen MR) is 120 cm³/mol. The minimum absolute atomic E-state index is 0. The monoisotopic (exact) mass is 537 g/mol. The molecule has 1 aromatic rings. The van der Waals surface area contributed by atoms with Gasteiger partial charge >= 0.3 is 5.97 Å². The number of carbonyl (C=O) groups excluding carboxylic acids is 1. The number of ether oxygens (including phenoxy) is 1. The van der Waals surface area contributed by atoms with E-state index in [-0.39, 0.29) is 35.9 Å². The summed E-state index contributed by atoms with van der Waals surface area (Å²) in [5, 5.41) is 6.86. The molecule has 0 atom stereocenters. The highest BCUT2D eigenvalue weighted by Gasteiger charge is 2.27. The average molecular weight is 538 g/mol. The van der Waals surface area contributed by atoms with Gasteiger partial charge in [-0.1, -0.05) is 22.0 Å². The molecule has 0 unspecified atom stereocenters. The molecule has 5 nitrogen and oxygen atoms in total. The van der Waals surface area contributed by atoms with Gasteiger partial charge in [0.25, 0.3) is 0 Å². The van der Waals surface area contributed by atoms with Crippen LogP contribution in [0.5, 0.6) is 0 Å². The number of halogens is 2. The maximum Gasteiger partial charge on any atom is 0.308 e. The zero-order chi connectivity index (χ0) is 18.2. The maximum absolute atomic E-state index is 11.8. The van der Waals surface area contributed by atoms with Gasteiger partial charge in [0.2, 0.25) is 0 Å². The zero-order valence-electron chi connectivity index (χ0n) is 15.7. The first kappa shape index (κ1) is 23.2. The summed E-state index contributed by atoms with van der Waals surface area (Å²) in [5.74, 6) is 0.814. The lowest BCUT2D eigenvalue weighted by Crippen LogP contribution is -2.45. The Labute approximate surface area is 181 Å². The lowest BCUT2D eigenvalue weighted by Gasteiger charge is -2.29. The fraction of sp³-hybridized carbons (Fsp3) is 0.579. The van der Waals surface area contributed by atoms with Gasteiger partial charge in [0.05, 0.1) is 12.5 Å². The number of guanidine groups is 1. The van der Waals surface area contributed by atoms with Crippen LogP contribution in [0, 0.1) is 12.8 Å². The lowest BCUT2D eigenvalue weighted by atomic mass is 9.86. The largest absolute Gasteiger partial charge is 0.466 e. The van der Waals surface area contributed by atoms with Gasteiger partial charge in [0.1, 0.15) is 0 Å². The van der Waals surface area contributed by atoms with Crippen LogP contribution in [-0.2, 0) is 16.1 Å². The van der Waals surface area contributed by atoms with Crippen LogP contribution in [0.1, 0.15) is 43.7 Å². The Hall–Kier alpha value is -0.830. The topological polar surface area (TPSA) is 62.7 Å². The van der Waals surface area contributed by atoms with Crippen molar-refractivity contribution in [2.45, 2.75) is 52.1 Å². The van der Waals surface area contributed by atoms with Crippen LogP contribution >= 0.6 is 39.9 Å². The smallest absolute Gasteiger partial charge is 0.308 e. The maximum atomic E-state index is 11.8. The fourth-order valence-electron chi connectivity index (χ4n) is 3.16. The molecule has 1 aliphatic carbocycles. The van der Waals surface area contributed by atoms with E-state index < -0.39 is 0 Å². The molecule has 1 aromatic carbocycles. The summed E-state index contributed by atoms with van der Waals surface area (Å²) in [6.45, 7) is 5.16. The first-order valence-electron chi connectivity index (χ1n) is 8.92. The van der Waals surface area contributed by atoms with Crippen molar-refractivity contribution in [3.05, 3.63) is 33.8 Å². The summed E-state index contributed by atoms with van der Waals surface area (Å²) in [5.41, 5.74) is 2.49. The molecule has 0 amide bonds. The van der Waals surface area contributed by atoms with Gasteiger partial charge in [-0.2, -0.15) is 0 Å². The molecule has 2 rings (SSSR count). The van der Waals surface area contributed by atoms with Gasteiger partial charge in [-0.15, -0.1) is 24.0 Å². The minimum atomic E-state index is -0.0471. The van der Waals surface area contributed by atoms with Crippen LogP contribution in [0.15, 0.2) is 27.7 Å². The molecule has 2 N–H and O–H groups in total. The number of carbonyl (C=O) groups is 1. The molecule has 26 heavy (non-hydrogen) atoms. The molecule has 0 heterocycles. The van der Waals surface area contributed by atoms with Gasteiger partial charge in [0, 0.05) is 24.1 Å². The van der Waals surface area contributed by atoms with Crippen LogP contribution < -0.4 is 10.6 Å². The highest BCUT2D eigenvalue weighted by Crippen LogP contribution is 2.25. The molecule has 1 aliphatic rings. The number of nitrogens with one attached hydrogen (secondary N) is 2. The summed E-state index contributed by atoms with van der Waals surface area (Å²) >= 11 is 3.49. The van der Waals surface area contributed by atoms with Crippen LogP contribution in [0.4, 0.5) is 0 Å². The Morgan fingerprint density at radius 1 is 1.31 bits per heavy atom. The van der Waals surface area contributed by atoms with Crippen molar-refractivity contribution in [2.75, 3.05) is 13.7 Å². The molecule has 0 bridgehead atoms. The molecule has 0 aliphatic heterocycles. The average Bonchev–Trinajstić information content (AvgIpc) is 2.60. The van der Waals surface area contributed by atoms with Gasteiger partial charge in [-0.3, -0.25) is 9.79 Å². The van der Waals surface area contributed by atoms with E-state index in [1.165, 1.54) is 11.1 Å². The van der Waals surface area contributed by atoms with Crippen molar-refractivity contribution in [1.29, 1.82) is 0 Å².